The van der Waals surface area contributed by atoms with Crippen molar-refractivity contribution in [2.24, 2.45) is 11.8 Å². The molecule has 2 saturated carbocycles. The van der Waals surface area contributed by atoms with Crippen LogP contribution in [0.4, 0.5) is 4.39 Å². The van der Waals surface area contributed by atoms with Crippen molar-refractivity contribution in [3.63, 3.8) is 0 Å². The van der Waals surface area contributed by atoms with Crippen molar-refractivity contribution >= 4 is 11.9 Å². The van der Waals surface area contributed by atoms with Crippen LogP contribution in [0.3, 0.4) is 0 Å². The first-order chi connectivity index (χ1) is 9.06. The molecule has 0 aliphatic heterocycles. The summed E-state index contributed by atoms with van der Waals surface area (Å²) < 4.78 is 13.1. The number of carboxylic acids is 1. The Kier molecular flexibility index (Phi) is 2.77. The van der Waals surface area contributed by atoms with Crippen LogP contribution in [0, 0.1) is 17.7 Å². The lowest BCUT2D eigenvalue weighted by molar-refractivity contribution is -0.140. The number of rotatable bonds is 4. The minimum Gasteiger partial charge on any atom is -0.481 e. The number of amides is 1. The Morgan fingerprint density at radius 1 is 1.26 bits per heavy atom. The molecule has 5 heteroatoms. The Morgan fingerprint density at radius 3 is 2.68 bits per heavy atom. The van der Waals surface area contributed by atoms with Crippen molar-refractivity contribution < 1.29 is 19.1 Å². The summed E-state index contributed by atoms with van der Waals surface area (Å²) in [4.78, 5) is 22.4. The SMILES string of the molecule is O=C(N[C@@H]1C[C@@H]1c1cccc(F)c1)[C@H]1C[C@H]1C(=O)O. The van der Waals surface area contributed by atoms with Crippen molar-refractivity contribution in [3.8, 4) is 0 Å². The van der Waals surface area contributed by atoms with Gasteiger partial charge in [-0.15, -0.1) is 0 Å². The molecular weight excluding hydrogens is 249 g/mol. The number of carbonyl (C=O) groups excluding carboxylic acids is 1. The smallest absolute Gasteiger partial charge is 0.307 e. The molecule has 0 unspecified atom stereocenters. The average molecular weight is 263 g/mol. The van der Waals surface area contributed by atoms with E-state index in [0.29, 0.717) is 6.42 Å². The molecule has 0 radical (unpaired) electrons. The molecular formula is C14H14FNO3. The van der Waals surface area contributed by atoms with Crippen LogP contribution in [0.5, 0.6) is 0 Å². The molecule has 2 N–H and O–H groups in total. The fraction of sp³-hybridized carbons (Fsp3) is 0.429. The maximum Gasteiger partial charge on any atom is 0.307 e. The molecule has 100 valence electrons. The predicted octanol–water partition coefficient (Wildman–Crippen LogP) is 1.52. The van der Waals surface area contributed by atoms with E-state index in [-0.39, 0.29) is 29.6 Å². The van der Waals surface area contributed by atoms with Gasteiger partial charge in [-0.25, -0.2) is 4.39 Å². The zero-order chi connectivity index (χ0) is 13.6. The van der Waals surface area contributed by atoms with E-state index >= 15 is 0 Å². The number of hydrogen-bond donors (Lipinski definition) is 2. The molecule has 3 rings (SSSR count). The molecule has 0 aromatic heterocycles. The molecule has 1 amide bonds. The van der Waals surface area contributed by atoms with Crippen LogP contribution in [0.15, 0.2) is 24.3 Å². The minimum absolute atomic E-state index is 0.0179. The Hall–Kier alpha value is -1.91. The van der Waals surface area contributed by atoms with Gasteiger partial charge in [-0.05, 0) is 30.5 Å². The van der Waals surface area contributed by atoms with Gasteiger partial charge in [-0.3, -0.25) is 9.59 Å². The molecule has 4 nitrogen and oxygen atoms in total. The zero-order valence-electron chi connectivity index (χ0n) is 10.2. The maximum atomic E-state index is 13.1. The van der Waals surface area contributed by atoms with E-state index < -0.39 is 11.9 Å². The third kappa shape index (κ3) is 2.45. The van der Waals surface area contributed by atoms with Crippen LogP contribution >= 0.6 is 0 Å². The molecule has 1 aromatic rings. The second-order valence-electron chi connectivity index (χ2n) is 5.30. The molecule has 0 bridgehead atoms. The lowest BCUT2D eigenvalue weighted by atomic mass is 10.1. The summed E-state index contributed by atoms with van der Waals surface area (Å²) in [5, 5.41) is 11.6. The molecule has 4 atom stereocenters. The fourth-order valence-corrected chi connectivity index (χ4v) is 2.51. The van der Waals surface area contributed by atoms with Crippen LogP contribution in [0.2, 0.25) is 0 Å². The highest BCUT2D eigenvalue weighted by molar-refractivity contribution is 5.89. The van der Waals surface area contributed by atoms with Crippen molar-refractivity contribution in [1.82, 2.24) is 5.32 Å². The number of carboxylic acid groups (broad SMARTS) is 1. The number of carbonyl (C=O) groups is 2. The summed E-state index contributed by atoms with van der Waals surface area (Å²) in [6.45, 7) is 0. The second kappa shape index (κ2) is 4.33. The molecule has 0 spiro atoms. The van der Waals surface area contributed by atoms with Crippen LogP contribution in [-0.4, -0.2) is 23.0 Å². The van der Waals surface area contributed by atoms with Gasteiger partial charge in [0.15, 0.2) is 0 Å². The average Bonchev–Trinajstić information content (AvgIpc) is 3.23. The van der Waals surface area contributed by atoms with Gasteiger partial charge < -0.3 is 10.4 Å². The highest BCUT2D eigenvalue weighted by Gasteiger charge is 2.50. The first kappa shape index (κ1) is 12.1. The summed E-state index contributed by atoms with van der Waals surface area (Å²) >= 11 is 0. The van der Waals surface area contributed by atoms with Gasteiger partial charge >= 0.3 is 5.97 Å². The Balaban J connectivity index is 1.54. The van der Waals surface area contributed by atoms with Crippen LogP contribution in [0.1, 0.15) is 24.3 Å². The standard InChI is InChI=1S/C14H14FNO3/c15-8-3-1-2-7(4-8)9-6-12(9)16-13(17)10-5-11(10)14(18)19/h1-4,9-12H,5-6H2,(H,16,17)(H,18,19)/t9-,10+,11-,12-/m1/s1. The van der Waals surface area contributed by atoms with Gasteiger partial charge in [0.25, 0.3) is 0 Å². The molecule has 2 aliphatic carbocycles. The summed E-state index contributed by atoms with van der Waals surface area (Å²) in [5.74, 6) is -2.11. The topological polar surface area (TPSA) is 66.4 Å². The number of hydrogen-bond acceptors (Lipinski definition) is 2. The van der Waals surface area contributed by atoms with Crippen LogP contribution in [-0.2, 0) is 9.59 Å². The molecule has 2 fully saturated rings. The van der Waals surface area contributed by atoms with E-state index in [1.165, 1.54) is 12.1 Å². The lowest BCUT2D eigenvalue weighted by Crippen LogP contribution is -2.29. The molecule has 0 heterocycles. The zero-order valence-corrected chi connectivity index (χ0v) is 10.2. The summed E-state index contributed by atoms with van der Waals surface area (Å²) in [6, 6.07) is 6.39. The lowest BCUT2D eigenvalue weighted by Gasteiger charge is -2.04. The van der Waals surface area contributed by atoms with E-state index in [9.17, 15) is 14.0 Å². The Labute approximate surface area is 109 Å². The summed E-state index contributed by atoms with van der Waals surface area (Å²) in [5.41, 5.74) is 0.885. The quantitative estimate of drug-likeness (QED) is 0.865. The van der Waals surface area contributed by atoms with Crippen molar-refractivity contribution in [1.29, 1.82) is 0 Å². The van der Waals surface area contributed by atoms with Gasteiger partial charge in [-0.2, -0.15) is 0 Å². The third-order valence-electron chi connectivity index (χ3n) is 3.84. The minimum atomic E-state index is -0.905. The maximum absolute atomic E-state index is 13.1. The number of aliphatic carboxylic acids is 1. The monoisotopic (exact) mass is 263 g/mol. The largest absolute Gasteiger partial charge is 0.481 e. The fourth-order valence-electron chi connectivity index (χ4n) is 2.51. The number of nitrogens with one attached hydrogen (secondary N) is 1. The van der Waals surface area contributed by atoms with Gasteiger partial charge in [0.1, 0.15) is 5.82 Å². The third-order valence-corrected chi connectivity index (χ3v) is 3.84. The van der Waals surface area contributed by atoms with Crippen molar-refractivity contribution in [3.05, 3.63) is 35.6 Å². The molecule has 0 saturated heterocycles. The first-order valence-electron chi connectivity index (χ1n) is 6.35. The molecule has 1 aromatic carbocycles. The van der Waals surface area contributed by atoms with E-state index in [2.05, 4.69) is 5.32 Å². The molecule has 19 heavy (non-hydrogen) atoms. The Morgan fingerprint density at radius 2 is 2.05 bits per heavy atom. The summed E-state index contributed by atoms with van der Waals surface area (Å²) in [7, 11) is 0. The first-order valence-corrected chi connectivity index (χ1v) is 6.35. The van der Waals surface area contributed by atoms with Crippen LogP contribution in [0.25, 0.3) is 0 Å². The van der Waals surface area contributed by atoms with Crippen molar-refractivity contribution in [2.75, 3.05) is 0 Å². The highest BCUT2D eigenvalue weighted by atomic mass is 19.1. The number of benzene rings is 1. The van der Waals surface area contributed by atoms with Gasteiger partial charge in [0.05, 0.1) is 11.8 Å². The predicted molar refractivity (Wildman–Crippen MR) is 64.9 cm³/mol. The van der Waals surface area contributed by atoms with E-state index in [1.54, 1.807) is 6.07 Å². The van der Waals surface area contributed by atoms with Gasteiger partial charge in [-0.1, -0.05) is 12.1 Å². The summed E-state index contributed by atoms with van der Waals surface area (Å²) in [6.07, 6.45) is 1.22. The van der Waals surface area contributed by atoms with E-state index in [4.69, 9.17) is 5.11 Å². The van der Waals surface area contributed by atoms with Crippen molar-refractivity contribution in [2.45, 2.75) is 24.8 Å². The van der Waals surface area contributed by atoms with Gasteiger partial charge in [0.2, 0.25) is 5.91 Å². The van der Waals surface area contributed by atoms with E-state index in [0.717, 1.165) is 12.0 Å². The normalized spacial score (nSPS) is 31.6. The second-order valence-corrected chi connectivity index (χ2v) is 5.30. The van der Waals surface area contributed by atoms with E-state index in [1.807, 2.05) is 6.07 Å². The Bertz CT molecular complexity index is 545. The highest BCUT2D eigenvalue weighted by Crippen LogP contribution is 2.43. The molecule has 2 aliphatic rings. The van der Waals surface area contributed by atoms with Gasteiger partial charge in [0, 0.05) is 12.0 Å². The van der Waals surface area contributed by atoms with Crippen LogP contribution < -0.4 is 5.32 Å². The number of halogens is 1.